The normalized spacial score (nSPS) is 9.83. The Kier molecular flexibility index (Phi) is 3.56. The predicted octanol–water partition coefficient (Wildman–Crippen LogP) is 2.51. The van der Waals surface area contributed by atoms with E-state index >= 15 is 0 Å². The Morgan fingerprint density at radius 3 is 3.08 bits per heavy atom. The third-order valence-electron chi connectivity index (χ3n) is 1.23. The van der Waals surface area contributed by atoms with Crippen molar-refractivity contribution < 1.29 is 4.79 Å². The number of carbonyl (C=O) groups excluding carboxylic acids is 1. The molecule has 0 fully saturated rings. The molecule has 0 spiro atoms. The molecule has 0 saturated carbocycles. The van der Waals surface area contributed by atoms with Crippen LogP contribution in [0.5, 0.6) is 0 Å². The Labute approximate surface area is 80.3 Å². The number of nitrogens with zero attached hydrogens (tertiary/aromatic N) is 1. The van der Waals surface area contributed by atoms with Crippen molar-refractivity contribution in [3.05, 3.63) is 29.0 Å². The van der Waals surface area contributed by atoms with Crippen molar-refractivity contribution in [2.75, 3.05) is 0 Å². The van der Waals surface area contributed by atoms with Crippen molar-refractivity contribution in [2.24, 2.45) is 0 Å². The van der Waals surface area contributed by atoms with Gasteiger partial charge in [-0.2, -0.15) is 0 Å². The lowest BCUT2D eigenvalue weighted by Gasteiger charge is -1.97. The summed E-state index contributed by atoms with van der Waals surface area (Å²) < 4.78 is 0. The fourth-order valence-electron chi connectivity index (χ4n) is 0.717. The smallest absolute Gasteiger partial charge is 0.186 e. The zero-order valence-electron chi connectivity index (χ0n) is 6.58. The number of thioether (sulfide) groups is 1. The SMILES string of the molecule is CC(=O)SCc1ccnc(Cl)c1. The van der Waals surface area contributed by atoms with E-state index in [0.717, 1.165) is 5.56 Å². The molecule has 1 aromatic rings. The highest BCUT2D eigenvalue weighted by atomic mass is 35.5. The zero-order valence-corrected chi connectivity index (χ0v) is 8.15. The molecule has 0 bridgehead atoms. The van der Waals surface area contributed by atoms with Crippen LogP contribution in [0.3, 0.4) is 0 Å². The largest absolute Gasteiger partial charge is 0.288 e. The summed E-state index contributed by atoms with van der Waals surface area (Å²) in [4.78, 5) is 14.5. The Morgan fingerprint density at radius 1 is 1.75 bits per heavy atom. The van der Waals surface area contributed by atoms with Gasteiger partial charge in [-0.25, -0.2) is 4.98 Å². The number of pyridine rings is 1. The molecule has 0 atom stereocenters. The van der Waals surface area contributed by atoms with Gasteiger partial charge in [-0.3, -0.25) is 4.79 Å². The van der Waals surface area contributed by atoms with Crippen molar-refractivity contribution in [1.82, 2.24) is 4.98 Å². The molecule has 0 aliphatic rings. The van der Waals surface area contributed by atoms with Crippen LogP contribution in [-0.4, -0.2) is 10.1 Å². The number of hydrogen-bond donors (Lipinski definition) is 0. The summed E-state index contributed by atoms with van der Waals surface area (Å²) in [5.41, 5.74) is 1.02. The molecular weight excluding hydrogens is 194 g/mol. The molecule has 2 nitrogen and oxygen atoms in total. The summed E-state index contributed by atoms with van der Waals surface area (Å²) in [6.07, 6.45) is 1.64. The van der Waals surface area contributed by atoms with Crippen molar-refractivity contribution in [2.45, 2.75) is 12.7 Å². The van der Waals surface area contributed by atoms with E-state index < -0.39 is 0 Å². The van der Waals surface area contributed by atoms with Crippen molar-refractivity contribution in [3.63, 3.8) is 0 Å². The number of aromatic nitrogens is 1. The van der Waals surface area contributed by atoms with Crippen LogP contribution in [0.4, 0.5) is 0 Å². The van der Waals surface area contributed by atoms with Crippen molar-refractivity contribution >= 4 is 28.5 Å². The summed E-state index contributed by atoms with van der Waals surface area (Å²) in [5, 5.41) is 0.583. The molecule has 64 valence electrons. The maximum absolute atomic E-state index is 10.6. The molecule has 0 unspecified atom stereocenters. The molecule has 1 heterocycles. The fraction of sp³-hybridized carbons (Fsp3) is 0.250. The molecule has 1 rings (SSSR count). The van der Waals surface area contributed by atoms with Gasteiger partial charge in [-0.15, -0.1) is 0 Å². The number of rotatable bonds is 2. The van der Waals surface area contributed by atoms with E-state index in [9.17, 15) is 4.79 Å². The minimum atomic E-state index is 0.114. The molecule has 0 N–H and O–H groups in total. The maximum atomic E-state index is 10.6. The highest BCUT2D eigenvalue weighted by Crippen LogP contribution is 2.14. The second-order valence-corrected chi connectivity index (χ2v) is 3.81. The molecule has 4 heteroatoms. The van der Waals surface area contributed by atoms with E-state index in [1.807, 2.05) is 6.07 Å². The minimum absolute atomic E-state index is 0.114. The lowest BCUT2D eigenvalue weighted by atomic mass is 10.3. The molecule has 0 aliphatic heterocycles. The second-order valence-electron chi connectivity index (χ2n) is 2.27. The van der Waals surface area contributed by atoms with Gasteiger partial charge < -0.3 is 0 Å². The standard InChI is InChI=1S/C8H8ClNOS/c1-6(11)12-5-7-2-3-10-8(9)4-7/h2-4H,5H2,1H3. The van der Waals surface area contributed by atoms with Gasteiger partial charge in [-0.05, 0) is 17.7 Å². The maximum Gasteiger partial charge on any atom is 0.186 e. The summed E-state index contributed by atoms with van der Waals surface area (Å²) >= 11 is 6.92. The van der Waals surface area contributed by atoms with Gasteiger partial charge in [-0.1, -0.05) is 23.4 Å². The van der Waals surface area contributed by atoms with Crippen LogP contribution in [0.1, 0.15) is 12.5 Å². The van der Waals surface area contributed by atoms with Crippen LogP contribution in [-0.2, 0) is 10.5 Å². The first-order chi connectivity index (χ1) is 5.68. The first-order valence-electron chi connectivity index (χ1n) is 3.42. The van der Waals surface area contributed by atoms with Crippen molar-refractivity contribution in [1.29, 1.82) is 0 Å². The highest BCUT2D eigenvalue weighted by molar-refractivity contribution is 8.12. The summed E-state index contributed by atoms with van der Waals surface area (Å²) in [5.74, 6) is 0.664. The molecule has 0 aromatic carbocycles. The molecule has 0 saturated heterocycles. The van der Waals surface area contributed by atoms with Crippen LogP contribution < -0.4 is 0 Å². The van der Waals surface area contributed by atoms with Gasteiger partial charge in [0, 0.05) is 18.9 Å². The number of hydrogen-bond acceptors (Lipinski definition) is 3. The van der Waals surface area contributed by atoms with Crippen LogP contribution >= 0.6 is 23.4 Å². The first kappa shape index (κ1) is 9.55. The van der Waals surface area contributed by atoms with Gasteiger partial charge in [0.05, 0.1) is 0 Å². The van der Waals surface area contributed by atoms with Crippen molar-refractivity contribution in [3.8, 4) is 0 Å². The molecule has 0 aliphatic carbocycles. The predicted molar refractivity (Wildman–Crippen MR) is 51.2 cm³/mol. The van der Waals surface area contributed by atoms with E-state index in [0.29, 0.717) is 10.9 Å². The quantitative estimate of drug-likeness (QED) is 0.689. The van der Waals surface area contributed by atoms with Gasteiger partial charge >= 0.3 is 0 Å². The fourth-order valence-corrected chi connectivity index (χ4v) is 1.46. The molecule has 0 radical (unpaired) electrons. The summed E-state index contributed by atoms with van der Waals surface area (Å²) in [6, 6.07) is 3.61. The van der Waals surface area contributed by atoms with E-state index in [1.54, 1.807) is 19.2 Å². The Hall–Kier alpha value is -0.540. The first-order valence-corrected chi connectivity index (χ1v) is 4.78. The van der Waals surface area contributed by atoms with Gasteiger partial charge in [0.15, 0.2) is 5.12 Å². The van der Waals surface area contributed by atoms with Crippen LogP contribution in [0, 0.1) is 0 Å². The third-order valence-corrected chi connectivity index (χ3v) is 2.32. The van der Waals surface area contributed by atoms with Gasteiger partial charge in [0.2, 0.25) is 0 Å². The lowest BCUT2D eigenvalue weighted by Crippen LogP contribution is -1.86. The van der Waals surface area contributed by atoms with E-state index in [2.05, 4.69) is 4.98 Å². The van der Waals surface area contributed by atoms with Crippen LogP contribution in [0.25, 0.3) is 0 Å². The molecular formula is C8H8ClNOS. The molecule has 1 aromatic heterocycles. The average molecular weight is 202 g/mol. The second kappa shape index (κ2) is 4.48. The van der Waals surface area contributed by atoms with Crippen LogP contribution in [0.2, 0.25) is 5.15 Å². The van der Waals surface area contributed by atoms with E-state index in [1.165, 1.54) is 11.8 Å². The summed E-state index contributed by atoms with van der Waals surface area (Å²) in [7, 11) is 0. The molecule has 0 amide bonds. The van der Waals surface area contributed by atoms with Gasteiger partial charge in [0.1, 0.15) is 5.15 Å². The van der Waals surface area contributed by atoms with E-state index in [4.69, 9.17) is 11.6 Å². The minimum Gasteiger partial charge on any atom is -0.288 e. The Morgan fingerprint density at radius 2 is 2.50 bits per heavy atom. The third kappa shape index (κ3) is 3.24. The lowest BCUT2D eigenvalue weighted by molar-refractivity contribution is -0.109. The monoisotopic (exact) mass is 201 g/mol. The average Bonchev–Trinajstić information content (AvgIpc) is 2.01. The van der Waals surface area contributed by atoms with Gasteiger partial charge in [0.25, 0.3) is 0 Å². The topological polar surface area (TPSA) is 30.0 Å². The van der Waals surface area contributed by atoms with E-state index in [-0.39, 0.29) is 5.12 Å². The van der Waals surface area contributed by atoms with Crippen LogP contribution in [0.15, 0.2) is 18.3 Å². The highest BCUT2D eigenvalue weighted by Gasteiger charge is 1.97. The Bertz CT molecular complexity index is 290. The summed E-state index contributed by atoms with van der Waals surface area (Å²) in [6.45, 7) is 1.55. The number of halogens is 1. The zero-order chi connectivity index (χ0) is 8.97. The number of carbonyl (C=O) groups is 1. The Balaban J connectivity index is 2.57. The molecule has 12 heavy (non-hydrogen) atoms.